The second-order valence-corrected chi connectivity index (χ2v) is 9.85. The molecule has 4 rings (SSSR count). The van der Waals surface area contributed by atoms with Gasteiger partial charge >= 0.3 is 12.0 Å². The summed E-state index contributed by atoms with van der Waals surface area (Å²) in [5, 5.41) is 6.45. The summed E-state index contributed by atoms with van der Waals surface area (Å²) in [5.41, 5.74) is 0.288. The average Bonchev–Trinajstić information content (AvgIpc) is 2.74. The van der Waals surface area contributed by atoms with E-state index in [0.29, 0.717) is 28.0 Å². The molecule has 2 aromatic carbocycles. The summed E-state index contributed by atoms with van der Waals surface area (Å²) < 4.78 is 17.4. The summed E-state index contributed by atoms with van der Waals surface area (Å²) in [6, 6.07) is 10.4. The van der Waals surface area contributed by atoms with Gasteiger partial charge in [0.1, 0.15) is 11.4 Å². The first-order chi connectivity index (χ1) is 15.7. The summed E-state index contributed by atoms with van der Waals surface area (Å²) in [7, 11) is 0. The van der Waals surface area contributed by atoms with Crippen LogP contribution < -0.4 is 20.1 Å². The predicted octanol–water partition coefficient (Wildman–Crippen LogP) is 6.15. The molecule has 2 aromatic rings. The van der Waals surface area contributed by atoms with Crippen LogP contribution in [-0.2, 0) is 15.1 Å². The van der Waals surface area contributed by atoms with Crippen molar-refractivity contribution in [3.63, 3.8) is 0 Å². The number of ether oxygens (including phenoxy) is 3. The van der Waals surface area contributed by atoms with Crippen LogP contribution in [0.5, 0.6) is 17.2 Å². The highest BCUT2D eigenvalue weighted by molar-refractivity contribution is 6.34. The molecule has 33 heavy (non-hydrogen) atoms. The number of hydrogen-bond donors (Lipinski definition) is 2. The normalized spacial score (nSPS) is 16.9. The fourth-order valence-corrected chi connectivity index (χ4v) is 4.68. The van der Waals surface area contributed by atoms with Crippen LogP contribution in [0.1, 0.15) is 58.4 Å². The molecule has 0 unspecified atom stereocenters. The molecule has 0 radical (unpaired) electrons. The van der Waals surface area contributed by atoms with E-state index in [1.807, 2.05) is 6.07 Å². The Morgan fingerprint density at radius 3 is 2.42 bits per heavy atom. The number of benzene rings is 2. The largest absolute Gasteiger partial charge is 0.478 e. The summed E-state index contributed by atoms with van der Waals surface area (Å²) in [5.74, 6) is 0.984. The molecule has 2 amide bonds. The van der Waals surface area contributed by atoms with Crippen molar-refractivity contribution < 1.29 is 23.8 Å². The number of amides is 2. The molecule has 2 N–H and O–H groups in total. The van der Waals surface area contributed by atoms with Crippen molar-refractivity contribution in [1.82, 2.24) is 5.32 Å². The van der Waals surface area contributed by atoms with E-state index in [2.05, 4.69) is 10.6 Å². The molecule has 2 aliphatic rings. The molecule has 8 heteroatoms. The zero-order valence-corrected chi connectivity index (χ0v) is 19.9. The summed E-state index contributed by atoms with van der Waals surface area (Å²) in [6.07, 6.45) is 4.74. The third-order valence-electron chi connectivity index (χ3n) is 5.73. The highest BCUT2D eigenvalue weighted by atomic mass is 35.5. The molecule has 0 bridgehead atoms. The third-order valence-corrected chi connectivity index (χ3v) is 6.04. The third kappa shape index (κ3) is 5.19. The molecule has 0 aromatic heterocycles. The monoisotopic (exact) mass is 472 g/mol. The molecule has 1 spiro atoms. The van der Waals surface area contributed by atoms with Crippen molar-refractivity contribution in [2.75, 3.05) is 11.9 Å². The van der Waals surface area contributed by atoms with Crippen LogP contribution in [0.2, 0.25) is 5.02 Å². The standard InChI is InChI=1S/C25H29ClN2O5/c1-24(2,3)33-20(29)15-31-17-9-5-6-10-18(17)32-19-12-11-16(26)22-21(19)25(28-23(30)27-22)13-7-4-8-14-25/h5-6,9-12H,4,7-8,13-15H2,1-3H3,(H2,27,28,30). The number of para-hydroxylation sites is 2. The fourth-order valence-electron chi connectivity index (χ4n) is 4.48. The topological polar surface area (TPSA) is 85.9 Å². The first kappa shape index (κ1) is 23.2. The minimum Gasteiger partial charge on any atom is -0.478 e. The molecule has 1 aliphatic heterocycles. The Kier molecular flexibility index (Phi) is 6.43. The van der Waals surface area contributed by atoms with Crippen LogP contribution in [0.15, 0.2) is 36.4 Å². The maximum Gasteiger partial charge on any atom is 0.344 e. The molecule has 1 aliphatic carbocycles. The van der Waals surface area contributed by atoms with Gasteiger partial charge in [-0.1, -0.05) is 43.0 Å². The zero-order chi connectivity index (χ0) is 23.6. The van der Waals surface area contributed by atoms with E-state index in [1.165, 1.54) is 0 Å². The number of carbonyl (C=O) groups excluding carboxylic acids is 2. The number of esters is 1. The first-order valence-corrected chi connectivity index (χ1v) is 11.6. The van der Waals surface area contributed by atoms with Gasteiger partial charge in [0, 0.05) is 5.56 Å². The Morgan fingerprint density at radius 2 is 1.73 bits per heavy atom. The van der Waals surface area contributed by atoms with Gasteiger partial charge < -0.3 is 24.8 Å². The summed E-state index contributed by atoms with van der Waals surface area (Å²) >= 11 is 6.48. The molecule has 0 atom stereocenters. The lowest BCUT2D eigenvalue weighted by atomic mass is 9.74. The van der Waals surface area contributed by atoms with E-state index in [4.69, 9.17) is 25.8 Å². The lowest BCUT2D eigenvalue weighted by molar-refractivity contribution is -0.157. The zero-order valence-electron chi connectivity index (χ0n) is 19.1. The van der Waals surface area contributed by atoms with Crippen molar-refractivity contribution in [3.05, 3.63) is 47.0 Å². The van der Waals surface area contributed by atoms with E-state index >= 15 is 0 Å². The SMILES string of the molecule is CC(C)(C)OC(=O)COc1ccccc1Oc1ccc(Cl)c2c1C1(CCCCC1)NC(=O)N2. The van der Waals surface area contributed by atoms with Gasteiger partial charge in [-0.15, -0.1) is 0 Å². The number of fused-ring (bicyclic) bond motifs is 2. The van der Waals surface area contributed by atoms with E-state index in [1.54, 1.807) is 51.1 Å². The van der Waals surface area contributed by atoms with Gasteiger partial charge in [0.2, 0.25) is 0 Å². The Hall–Kier alpha value is -2.93. The van der Waals surface area contributed by atoms with Crippen molar-refractivity contribution in [2.24, 2.45) is 0 Å². The Morgan fingerprint density at radius 1 is 1.03 bits per heavy atom. The first-order valence-electron chi connectivity index (χ1n) is 11.2. The van der Waals surface area contributed by atoms with E-state index < -0.39 is 17.1 Å². The number of rotatable bonds is 5. The Labute approximate surface area is 198 Å². The van der Waals surface area contributed by atoms with Crippen LogP contribution in [-0.4, -0.2) is 24.2 Å². The lowest BCUT2D eigenvalue weighted by Gasteiger charge is -2.43. The van der Waals surface area contributed by atoms with Crippen molar-refractivity contribution in [3.8, 4) is 17.2 Å². The van der Waals surface area contributed by atoms with Gasteiger partial charge in [-0.3, -0.25) is 0 Å². The molecule has 1 fully saturated rings. The number of urea groups is 1. The lowest BCUT2D eigenvalue weighted by Crippen LogP contribution is -2.52. The van der Waals surface area contributed by atoms with Crippen LogP contribution in [0, 0.1) is 0 Å². The van der Waals surface area contributed by atoms with Gasteiger partial charge in [0.25, 0.3) is 0 Å². The Bertz CT molecular complexity index is 1060. The number of anilines is 1. The molecular formula is C25H29ClN2O5. The van der Waals surface area contributed by atoms with Crippen LogP contribution in [0.25, 0.3) is 0 Å². The maximum absolute atomic E-state index is 12.4. The van der Waals surface area contributed by atoms with Gasteiger partial charge in [0.15, 0.2) is 18.1 Å². The van der Waals surface area contributed by atoms with Crippen LogP contribution >= 0.6 is 11.6 Å². The quantitative estimate of drug-likeness (QED) is 0.510. The van der Waals surface area contributed by atoms with Gasteiger partial charge in [-0.2, -0.15) is 0 Å². The van der Waals surface area contributed by atoms with E-state index in [9.17, 15) is 9.59 Å². The van der Waals surface area contributed by atoms with Crippen LogP contribution in [0.3, 0.4) is 0 Å². The van der Waals surface area contributed by atoms with E-state index in [0.717, 1.165) is 37.7 Å². The smallest absolute Gasteiger partial charge is 0.344 e. The van der Waals surface area contributed by atoms with Gasteiger partial charge in [-0.25, -0.2) is 9.59 Å². The average molecular weight is 473 g/mol. The Balaban J connectivity index is 1.64. The van der Waals surface area contributed by atoms with Crippen molar-refractivity contribution in [1.29, 1.82) is 0 Å². The molecular weight excluding hydrogens is 444 g/mol. The minimum atomic E-state index is -0.593. The fraction of sp³-hybridized carbons (Fsp3) is 0.440. The maximum atomic E-state index is 12.4. The highest BCUT2D eigenvalue weighted by Gasteiger charge is 2.43. The number of hydrogen-bond acceptors (Lipinski definition) is 5. The van der Waals surface area contributed by atoms with Crippen molar-refractivity contribution in [2.45, 2.75) is 64.0 Å². The second-order valence-electron chi connectivity index (χ2n) is 9.44. The summed E-state index contributed by atoms with van der Waals surface area (Å²) in [6.45, 7) is 5.18. The number of nitrogens with one attached hydrogen (secondary N) is 2. The van der Waals surface area contributed by atoms with Crippen LogP contribution in [0.4, 0.5) is 10.5 Å². The molecule has 0 saturated heterocycles. The highest BCUT2D eigenvalue weighted by Crippen LogP contribution is 2.50. The second kappa shape index (κ2) is 9.14. The van der Waals surface area contributed by atoms with E-state index in [-0.39, 0.29) is 12.6 Å². The predicted molar refractivity (Wildman–Crippen MR) is 126 cm³/mol. The van der Waals surface area contributed by atoms with Crippen molar-refractivity contribution >= 4 is 29.3 Å². The molecule has 1 heterocycles. The molecule has 7 nitrogen and oxygen atoms in total. The van der Waals surface area contributed by atoms with Gasteiger partial charge in [0.05, 0.1) is 16.2 Å². The summed E-state index contributed by atoms with van der Waals surface area (Å²) in [4.78, 5) is 24.6. The van der Waals surface area contributed by atoms with Gasteiger partial charge in [-0.05, 0) is 57.9 Å². The molecule has 176 valence electrons. The molecule has 1 saturated carbocycles. The number of halogens is 1. The number of carbonyl (C=O) groups is 2. The minimum absolute atomic E-state index is 0.238.